The van der Waals surface area contributed by atoms with Gasteiger partial charge in [-0.3, -0.25) is 9.36 Å². The summed E-state index contributed by atoms with van der Waals surface area (Å²) in [5, 5.41) is 6.40. The molecule has 1 amide bonds. The molecule has 0 saturated carbocycles. The first-order chi connectivity index (χ1) is 16.5. The van der Waals surface area contributed by atoms with Crippen LogP contribution in [0.3, 0.4) is 0 Å². The smallest absolute Gasteiger partial charge is 0.255 e. The fourth-order valence-electron chi connectivity index (χ4n) is 4.43. The van der Waals surface area contributed by atoms with Crippen molar-refractivity contribution in [3.8, 4) is 11.5 Å². The van der Waals surface area contributed by atoms with E-state index in [0.29, 0.717) is 23.0 Å². The van der Waals surface area contributed by atoms with E-state index in [9.17, 15) is 4.79 Å². The van der Waals surface area contributed by atoms with Crippen LogP contribution in [-0.2, 0) is 4.79 Å². The second-order valence-electron chi connectivity index (χ2n) is 8.29. The van der Waals surface area contributed by atoms with E-state index in [1.165, 1.54) is 0 Å². The van der Waals surface area contributed by atoms with Crippen LogP contribution >= 0.6 is 0 Å². The molecule has 7 nitrogen and oxygen atoms in total. The summed E-state index contributed by atoms with van der Waals surface area (Å²) in [6.07, 6.45) is 0. The standard InChI is InChI=1S/C27H26N4O3/c1-16-9-11-18(12-10-16)29-26(32)24-17(2)28-27-30-21-7-5-6-8-22(21)31(27)25(24)20-14-13-19(33-3)15-23(20)34-4/h5-15,25H,1-4H3,(H,28,30)(H,29,32)/t25-/m1/s1. The van der Waals surface area contributed by atoms with E-state index >= 15 is 0 Å². The number of ether oxygens (including phenoxy) is 2. The molecule has 0 radical (unpaired) electrons. The summed E-state index contributed by atoms with van der Waals surface area (Å²) in [5.41, 5.74) is 5.77. The van der Waals surface area contributed by atoms with Gasteiger partial charge in [0, 0.05) is 23.0 Å². The summed E-state index contributed by atoms with van der Waals surface area (Å²) in [6, 6.07) is 20.8. The Morgan fingerprint density at radius 2 is 1.76 bits per heavy atom. The number of hydrogen-bond donors (Lipinski definition) is 2. The van der Waals surface area contributed by atoms with Crippen LogP contribution in [0, 0.1) is 6.92 Å². The molecule has 4 aromatic rings. The molecule has 1 atom stereocenters. The number of aromatic nitrogens is 2. The number of nitrogens with one attached hydrogen (secondary N) is 2. The molecule has 0 bridgehead atoms. The number of amides is 1. The lowest BCUT2D eigenvalue weighted by molar-refractivity contribution is -0.113. The highest BCUT2D eigenvalue weighted by Gasteiger charge is 2.35. The molecular formula is C27H26N4O3. The van der Waals surface area contributed by atoms with Crippen molar-refractivity contribution < 1.29 is 14.3 Å². The number of imidazole rings is 1. The van der Waals surface area contributed by atoms with Crippen molar-refractivity contribution in [3.63, 3.8) is 0 Å². The Kier molecular flexibility index (Phi) is 5.45. The topological polar surface area (TPSA) is 77.4 Å². The number of nitrogens with zero attached hydrogens (tertiary/aromatic N) is 2. The predicted octanol–water partition coefficient (Wildman–Crippen LogP) is 5.29. The number of aryl methyl sites for hydroxylation is 1. The lowest BCUT2D eigenvalue weighted by Gasteiger charge is -2.31. The summed E-state index contributed by atoms with van der Waals surface area (Å²) in [5.74, 6) is 1.79. The third-order valence-corrected chi connectivity index (χ3v) is 6.12. The van der Waals surface area contributed by atoms with Gasteiger partial charge in [0.1, 0.15) is 11.5 Å². The van der Waals surface area contributed by atoms with Gasteiger partial charge in [0.25, 0.3) is 5.91 Å². The van der Waals surface area contributed by atoms with E-state index in [2.05, 4.69) is 15.2 Å². The lowest BCUT2D eigenvalue weighted by Crippen LogP contribution is -2.31. The monoisotopic (exact) mass is 454 g/mol. The van der Waals surface area contributed by atoms with Crippen LogP contribution < -0.4 is 20.1 Å². The Morgan fingerprint density at radius 3 is 2.50 bits per heavy atom. The van der Waals surface area contributed by atoms with Crippen LogP contribution in [0.1, 0.15) is 24.1 Å². The maximum atomic E-state index is 13.7. The molecule has 3 aromatic carbocycles. The maximum Gasteiger partial charge on any atom is 0.255 e. The van der Waals surface area contributed by atoms with Crippen LogP contribution in [0.5, 0.6) is 11.5 Å². The molecule has 172 valence electrons. The van der Waals surface area contributed by atoms with E-state index in [0.717, 1.165) is 33.5 Å². The zero-order chi connectivity index (χ0) is 23.8. The molecule has 0 aliphatic carbocycles. The van der Waals surface area contributed by atoms with Crippen molar-refractivity contribution in [3.05, 3.63) is 89.1 Å². The number of benzene rings is 3. The second kappa shape index (κ2) is 8.59. The van der Waals surface area contributed by atoms with Gasteiger partial charge in [-0.05, 0) is 50.2 Å². The molecule has 1 aliphatic rings. The minimum Gasteiger partial charge on any atom is -0.497 e. The summed E-state index contributed by atoms with van der Waals surface area (Å²) in [6.45, 7) is 3.91. The van der Waals surface area contributed by atoms with Crippen molar-refractivity contribution in [1.82, 2.24) is 9.55 Å². The van der Waals surface area contributed by atoms with E-state index in [4.69, 9.17) is 14.5 Å². The average Bonchev–Trinajstić information content (AvgIpc) is 3.22. The van der Waals surface area contributed by atoms with Gasteiger partial charge in [0.2, 0.25) is 5.95 Å². The minimum atomic E-state index is -0.463. The number of anilines is 2. The molecule has 7 heteroatoms. The second-order valence-corrected chi connectivity index (χ2v) is 8.29. The highest BCUT2D eigenvalue weighted by atomic mass is 16.5. The SMILES string of the molecule is COc1ccc([C@@H]2C(C(=O)Nc3ccc(C)cc3)=C(C)Nc3nc4ccccc4n32)c(OC)c1. The van der Waals surface area contributed by atoms with Crippen molar-refractivity contribution in [2.45, 2.75) is 19.9 Å². The first kappa shape index (κ1) is 21.6. The maximum absolute atomic E-state index is 13.7. The third kappa shape index (κ3) is 3.65. The summed E-state index contributed by atoms with van der Waals surface area (Å²) >= 11 is 0. The van der Waals surface area contributed by atoms with Crippen LogP contribution in [-0.4, -0.2) is 29.7 Å². The van der Waals surface area contributed by atoms with Crippen LogP contribution in [0.4, 0.5) is 11.6 Å². The molecule has 1 aliphatic heterocycles. The quantitative estimate of drug-likeness (QED) is 0.429. The molecule has 0 spiro atoms. The van der Waals surface area contributed by atoms with Gasteiger partial charge in [-0.1, -0.05) is 29.8 Å². The largest absolute Gasteiger partial charge is 0.497 e. The summed E-state index contributed by atoms with van der Waals surface area (Å²) < 4.78 is 13.2. The zero-order valence-electron chi connectivity index (χ0n) is 19.5. The highest BCUT2D eigenvalue weighted by molar-refractivity contribution is 6.06. The molecule has 5 rings (SSSR count). The molecule has 0 fully saturated rings. The third-order valence-electron chi connectivity index (χ3n) is 6.12. The highest BCUT2D eigenvalue weighted by Crippen LogP contribution is 2.43. The molecular weight excluding hydrogens is 428 g/mol. The summed E-state index contributed by atoms with van der Waals surface area (Å²) in [4.78, 5) is 18.5. The molecule has 2 heterocycles. The number of allylic oxidation sites excluding steroid dienone is 1. The number of para-hydroxylation sites is 2. The van der Waals surface area contributed by atoms with Gasteiger partial charge >= 0.3 is 0 Å². The van der Waals surface area contributed by atoms with Gasteiger partial charge in [-0.25, -0.2) is 4.98 Å². The zero-order valence-corrected chi connectivity index (χ0v) is 19.5. The molecule has 34 heavy (non-hydrogen) atoms. The molecule has 2 N–H and O–H groups in total. The van der Waals surface area contributed by atoms with Gasteiger partial charge in [0.05, 0.1) is 36.9 Å². The van der Waals surface area contributed by atoms with Crippen LogP contribution in [0.25, 0.3) is 11.0 Å². The first-order valence-corrected chi connectivity index (χ1v) is 11.0. The number of rotatable bonds is 5. The van der Waals surface area contributed by atoms with Crippen molar-refractivity contribution >= 4 is 28.6 Å². The lowest BCUT2D eigenvalue weighted by atomic mass is 9.93. The van der Waals surface area contributed by atoms with Gasteiger partial charge in [0.15, 0.2) is 0 Å². The normalized spacial score (nSPS) is 15.0. The number of fused-ring (bicyclic) bond motifs is 3. The van der Waals surface area contributed by atoms with Gasteiger partial charge in [-0.15, -0.1) is 0 Å². The Bertz CT molecular complexity index is 1420. The Labute approximate surface area is 198 Å². The summed E-state index contributed by atoms with van der Waals surface area (Å²) in [7, 11) is 3.24. The number of hydrogen-bond acceptors (Lipinski definition) is 5. The van der Waals surface area contributed by atoms with E-state index in [-0.39, 0.29) is 5.91 Å². The Morgan fingerprint density at radius 1 is 1.00 bits per heavy atom. The Balaban J connectivity index is 1.69. The number of methoxy groups -OCH3 is 2. The number of carbonyl (C=O) groups excluding carboxylic acids is 1. The Hall–Kier alpha value is -4.26. The fourth-order valence-corrected chi connectivity index (χ4v) is 4.43. The molecule has 1 aromatic heterocycles. The van der Waals surface area contributed by atoms with Crippen LogP contribution in [0.2, 0.25) is 0 Å². The van der Waals surface area contributed by atoms with Gasteiger partial charge < -0.3 is 20.1 Å². The number of carbonyl (C=O) groups is 1. The van der Waals surface area contributed by atoms with E-state index in [1.807, 2.05) is 80.6 Å². The predicted molar refractivity (Wildman–Crippen MR) is 134 cm³/mol. The van der Waals surface area contributed by atoms with Crippen molar-refractivity contribution in [1.29, 1.82) is 0 Å². The molecule has 0 saturated heterocycles. The van der Waals surface area contributed by atoms with Crippen LogP contribution in [0.15, 0.2) is 78.0 Å². The minimum absolute atomic E-state index is 0.194. The van der Waals surface area contributed by atoms with E-state index < -0.39 is 6.04 Å². The molecule has 0 unspecified atom stereocenters. The van der Waals surface area contributed by atoms with E-state index in [1.54, 1.807) is 14.2 Å². The first-order valence-electron chi connectivity index (χ1n) is 11.0. The van der Waals surface area contributed by atoms with Crippen molar-refractivity contribution in [2.75, 3.05) is 24.9 Å². The average molecular weight is 455 g/mol. The van der Waals surface area contributed by atoms with Gasteiger partial charge in [-0.2, -0.15) is 0 Å². The van der Waals surface area contributed by atoms with Crippen molar-refractivity contribution in [2.24, 2.45) is 0 Å². The fraction of sp³-hybridized carbons (Fsp3) is 0.185.